The highest BCUT2D eigenvalue weighted by Gasteiger charge is 2.24. The summed E-state index contributed by atoms with van der Waals surface area (Å²) in [5.74, 6) is 1.30. The number of hydrogen-bond donors (Lipinski definition) is 2. The number of aliphatic imine (C=N–C) groups is 1. The molecule has 27 heavy (non-hydrogen) atoms. The number of ether oxygens (including phenoxy) is 1. The van der Waals surface area contributed by atoms with E-state index in [-0.39, 0.29) is 0 Å². The lowest BCUT2D eigenvalue weighted by Gasteiger charge is -2.29. The molecule has 1 saturated carbocycles. The summed E-state index contributed by atoms with van der Waals surface area (Å²) in [6.45, 7) is 6.52. The van der Waals surface area contributed by atoms with Gasteiger partial charge in [0.15, 0.2) is 5.96 Å². The van der Waals surface area contributed by atoms with Crippen LogP contribution in [0.5, 0.6) is 0 Å². The lowest BCUT2D eigenvalue weighted by molar-refractivity contribution is 0.0277. The lowest BCUT2D eigenvalue weighted by atomic mass is 9.98. The summed E-state index contributed by atoms with van der Waals surface area (Å²) in [7, 11) is -3.05. The Balaban J connectivity index is 1.63. The number of nitrogens with zero attached hydrogens (tertiary/aromatic N) is 2. The third kappa shape index (κ3) is 8.79. The van der Waals surface area contributed by atoms with E-state index in [2.05, 4.69) is 17.6 Å². The summed E-state index contributed by atoms with van der Waals surface area (Å²) < 4.78 is 30.7. The van der Waals surface area contributed by atoms with Crippen LogP contribution in [-0.4, -0.2) is 70.4 Å². The first kappa shape index (κ1) is 22.4. The monoisotopic (exact) mass is 402 g/mol. The third-order valence-electron chi connectivity index (χ3n) is 5.41. The molecule has 1 aliphatic carbocycles. The summed E-state index contributed by atoms with van der Waals surface area (Å²) in [6, 6.07) is 0. The van der Waals surface area contributed by atoms with Crippen LogP contribution in [0.25, 0.3) is 0 Å². The molecule has 1 saturated heterocycles. The molecule has 2 aliphatic rings. The molecule has 158 valence electrons. The van der Waals surface area contributed by atoms with E-state index >= 15 is 0 Å². The number of hydrogen-bond acceptors (Lipinski definition) is 4. The van der Waals surface area contributed by atoms with Crippen LogP contribution in [0, 0.1) is 5.92 Å². The molecule has 0 unspecified atom stereocenters. The molecular weight excluding hydrogens is 364 g/mol. The van der Waals surface area contributed by atoms with Crippen LogP contribution >= 0.6 is 0 Å². The molecule has 0 aromatic heterocycles. The average molecular weight is 403 g/mol. The van der Waals surface area contributed by atoms with E-state index in [9.17, 15) is 8.42 Å². The molecule has 1 heterocycles. The fraction of sp³-hybridized carbons (Fsp3) is 0.947. The van der Waals surface area contributed by atoms with E-state index < -0.39 is 10.0 Å². The predicted molar refractivity (Wildman–Crippen MR) is 111 cm³/mol. The van der Waals surface area contributed by atoms with Crippen LogP contribution in [0.1, 0.15) is 58.3 Å². The highest BCUT2D eigenvalue weighted by Crippen LogP contribution is 2.20. The van der Waals surface area contributed by atoms with Crippen LogP contribution < -0.4 is 10.6 Å². The van der Waals surface area contributed by atoms with Gasteiger partial charge in [-0.3, -0.25) is 4.99 Å². The Labute approximate surface area is 165 Å². The van der Waals surface area contributed by atoms with Gasteiger partial charge in [-0.15, -0.1) is 0 Å². The fourth-order valence-corrected chi connectivity index (χ4v) is 4.62. The van der Waals surface area contributed by atoms with E-state index in [0.717, 1.165) is 51.5 Å². The minimum atomic E-state index is -3.05. The highest BCUT2D eigenvalue weighted by molar-refractivity contribution is 7.88. The van der Waals surface area contributed by atoms with Crippen molar-refractivity contribution >= 4 is 16.0 Å². The predicted octanol–water partition coefficient (Wildman–Crippen LogP) is 1.95. The number of rotatable bonds is 9. The molecule has 2 rings (SSSR count). The summed E-state index contributed by atoms with van der Waals surface area (Å²) in [6.07, 6.45) is 10.9. The Bertz CT molecular complexity index is 539. The third-order valence-corrected chi connectivity index (χ3v) is 6.72. The largest absolute Gasteiger partial charge is 0.378 e. The van der Waals surface area contributed by atoms with Crippen molar-refractivity contribution < 1.29 is 13.2 Å². The fourth-order valence-electron chi connectivity index (χ4n) is 3.75. The van der Waals surface area contributed by atoms with Crippen LogP contribution in [0.2, 0.25) is 0 Å². The lowest BCUT2D eigenvalue weighted by Crippen LogP contribution is -2.40. The zero-order chi connectivity index (χ0) is 19.5. The molecular formula is C19H38N4O3S. The number of guanidine groups is 1. The van der Waals surface area contributed by atoms with Gasteiger partial charge in [0.05, 0.1) is 12.4 Å². The SMILES string of the molecule is CCNC(=NCC1CCN(S(C)(=O)=O)CC1)NCCCOC1CCCCC1. The van der Waals surface area contributed by atoms with Gasteiger partial charge in [-0.1, -0.05) is 19.3 Å². The molecule has 2 N–H and O–H groups in total. The maximum Gasteiger partial charge on any atom is 0.211 e. The standard InChI is InChI=1S/C19H38N4O3S/c1-3-20-19(21-12-7-15-26-18-8-5-4-6-9-18)22-16-17-10-13-23(14-11-17)27(2,24)25/h17-18H,3-16H2,1-2H3,(H2,20,21,22). The zero-order valence-electron chi connectivity index (χ0n) is 17.1. The van der Waals surface area contributed by atoms with E-state index in [1.54, 1.807) is 4.31 Å². The first-order valence-electron chi connectivity index (χ1n) is 10.6. The maximum atomic E-state index is 11.6. The summed E-state index contributed by atoms with van der Waals surface area (Å²) in [4.78, 5) is 4.70. The van der Waals surface area contributed by atoms with Crippen molar-refractivity contribution in [3.05, 3.63) is 0 Å². The van der Waals surface area contributed by atoms with Gasteiger partial charge in [0.2, 0.25) is 10.0 Å². The molecule has 7 nitrogen and oxygen atoms in total. The molecule has 0 aromatic rings. The van der Waals surface area contributed by atoms with Gasteiger partial charge in [-0.25, -0.2) is 12.7 Å². The molecule has 1 aliphatic heterocycles. The Morgan fingerprint density at radius 2 is 1.81 bits per heavy atom. The quantitative estimate of drug-likeness (QED) is 0.350. The Hall–Kier alpha value is -0.860. The van der Waals surface area contributed by atoms with Gasteiger partial charge in [0.1, 0.15) is 0 Å². The van der Waals surface area contributed by atoms with Gasteiger partial charge in [-0.2, -0.15) is 0 Å². The number of nitrogens with one attached hydrogen (secondary N) is 2. The van der Waals surface area contributed by atoms with Gasteiger partial charge in [0.25, 0.3) is 0 Å². The Kier molecular flexibility index (Phi) is 9.86. The first-order chi connectivity index (χ1) is 13.0. The van der Waals surface area contributed by atoms with Crippen LogP contribution in [-0.2, 0) is 14.8 Å². The average Bonchev–Trinajstić information content (AvgIpc) is 2.66. The minimum Gasteiger partial charge on any atom is -0.378 e. The van der Waals surface area contributed by atoms with Gasteiger partial charge < -0.3 is 15.4 Å². The van der Waals surface area contributed by atoms with Gasteiger partial charge >= 0.3 is 0 Å². The van der Waals surface area contributed by atoms with Crippen molar-refractivity contribution in [2.75, 3.05) is 45.6 Å². The molecule has 0 aromatic carbocycles. The van der Waals surface area contributed by atoms with E-state index in [1.165, 1.54) is 38.4 Å². The highest BCUT2D eigenvalue weighted by atomic mass is 32.2. The molecule has 0 spiro atoms. The maximum absolute atomic E-state index is 11.6. The Morgan fingerprint density at radius 1 is 1.11 bits per heavy atom. The second-order valence-electron chi connectivity index (χ2n) is 7.74. The van der Waals surface area contributed by atoms with Crippen LogP contribution in [0.15, 0.2) is 4.99 Å². The van der Waals surface area contributed by atoms with Crippen molar-refractivity contribution in [1.82, 2.24) is 14.9 Å². The summed E-state index contributed by atoms with van der Waals surface area (Å²) in [5, 5.41) is 6.67. The van der Waals surface area contributed by atoms with Crippen molar-refractivity contribution in [1.29, 1.82) is 0 Å². The second kappa shape index (κ2) is 11.9. The smallest absolute Gasteiger partial charge is 0.211 e. The first-order valence-corrected chi connectivity index (χ1v) is 12.4. The number of sulfonamides is 1. The molecule has 0 atom stereocenters. The Morgan fingerprint density at radius 3 is 2.44 bits per heavy atom. The molecule has 0 radical (unpaired) electrons. The van der Waals surface area contributed by atoms with Gasteiger partial charge in [-0.05, 0) is 44.9 Å². The molecule has 0 amide bonds. The van der Waals surface area contributed by atoms with Crippen molar-refractivity contribution in [3.63, 3.8) is 0 Å². The minimum absolute atomic E-state index is 0.452. The van der Waals surface area contributed by atoms with Crippen molar-refractivity contribution in [3.8, 4) is 0 Å². The molecule has 2 fully saturated rings. The normalized spacial score (nSPS) is 21.3. The summed E-state index contributed by atoms with van der Waals surface area (Å²) >= 11 is 0. The van der Waals surface area contributed by atoms with Crippen LogP contribution in [0.3, 0.4) is 0 Å². The van der Waals surface area contributed by atoms with Gasteiger partial charge in [0, 0.05) is 39.3 Å². The van der Waals surface area contributed by atoms with Crippen molar-refractivity contribution in [2.45, 2.75) is 64.4 Å². The van der Waals surface area contributed by atoms with Crippen LogP contribution in [0.4, 0.5) is 0 Å². The van der Waals surface area contributed by atoms with E-state index in [0.29, 0.717) is 25.1 Å². The van der Waals surface area contributed by atoms with Crippen molar-refractivity contribution in [2.24, 2.45) is 10.9 Å². The second-order valence-corrected chi connectivity index (χ2v) is 9.72. The molecule has 0 bridgehead atoms. The van der Waals surface area contributed by atoms with E-state index in [1.807, 2.05) is 0 Å². The summed E-state index contributed by atoms with van der Waals surface area (Å²) in [5.41, 5.74) is 0. The topological polar surface area (TPSA) is 83.0 Å². The number of piperidine rings is 1. The zero-order valence-corrected chi connectivity index (χ0v) is 17.9. The van der Waals surface area contributed by atoms with E-state index in [4.69, 9.17) is 9.73 Å². The molecule has 8 heteroatoms.